The van der Waals surface area contributed by atoms with Gasteiger partial charge in [0.05, 0.1) is 12.0 Å². The van der Waals surface area contributed by atoms with Gasteiger partial charge in [0, 0.05) is 51.8 Å². The van der Waals surface area contributed by atoms with Gasteiger partial charge in [0.1, 0.15) is 17.5 Å². The lowest BCUT2D eigenvalue weighted by molar-refractivity contribution is 0.370. The Labute approximate surface area is 179 Å². The largest absolute Gasteiger partial charge is 0.461 e. The molecule has 10 heteroatoms. The summed E-state index contributed by atoms with van der Waals surface area (Å²) >= 11 is 0. The van der Waals surface area contributed by atoms with Crippen LogP contribution >= 0.6 is 0 Å². The number of furan rings is 1. The molecule has 1 fully saturated rings. The molecule has 3 heterocycles. The van der Waals surface area contributed by atoms with Crippen LogP contribution < -0.4 is 10.2 Å². The summed E-state index contributed by atoms with van der Waals surface area (Å²) in [7, 11) is 0. The number of guanidine groups is 1. The number of H-pyrrole nitrogens is 1. The smallest absolute Gasteiger partial charge is 0.216 e. The number of aromatic nitrogens is 3. The molecule has 2 aromatic heterocycles. The van der Waals surface area contributed by atoms with Crippen LogP contribution in [0, 0.1) is 11.6 Å². The normalized spacial score (nSPS) is 14.9. The van der Waals surface area contributed by atoms with E-state index in [4.69, 9.17) is 9.41 Å². The first kappa shape index (κ1) is 20.8. The van der Waals surface area contributed by atoms with E-state index in [-0.39, 0.29) is 0 Å². The highest BCUT2D eigenvalue weighted by Gasteiger charge is 2.22. The highest BCUT2D eigenvalue weighted by molar-refractivity contribution is 5.80. The fourth-order valence-electron chi connectivity index (χ4n) is 3.50. The fraction of sp³-hybridized carbons (Fsp3) is 0.381. The molecule has 4 rings (SSSR count). The molecule has 0 aliphatic carbocycles. The number of hydrogen-bond donors (Lipinski definition) is 2. The van der Waals surface area contributed by atoms with Crippen molar-refractivity contribution in [2.75, 3.05) is 44.2 Å². The topological polar surface area (TPSA) is 85.6 Å². The van der Waals surface area contributed by atoms with Gasteiger partial charge in [0.25, 0.3) is 0 Å². The molecule has 1 aromatic carbocycles. The third kappa shape index (κ3) is 5.01. The molecule has 2 N–H and O–H groups in total. The van der Waals surface area contributed by atoms with Crippen molar-refractivity contribution < 1.29 is 13.2 Å². The molecule has 0 amide bonds. The summed E-state index contributed by atoms with van der Waals surface area (Å²) in [6, 6.07) is 7.16. The maximum atomic E-state index is 14.1. The molecular weight excluding hydrogens is 404 g/mol. The molecule has 0 spiro atoms. The zero-order valence-corrected chi connectivity index (χ0v) is 17.3. The predicted molar refractivity (Wildman–Crippen MR) is 114 cm³/mol. The lowest BCUT2D eigenvalue weighted by Crippen LogP contribution is -2.52. The first-order valence-electron chi connectivity index (χ1n) is 10.3. The fourth-order valence-corrected chi connectivity index (χ4v) is 3.50. The van der Waals surface area contributed by atoms with Gasteiger partial charge in [0.2, 0.25) is 5.82 Å². The second-order valence-corrected chi connectivity index (χ2v) is 7.14. The highest BCUT2D eigenvalue weighted by atomic mass is 19.1. The van der Waals surface area contributed by atoms with E-state index < -0.39 is 11.6 Å². The van der Waals surface area contributed by atoms with Crippen LogP contribution in [0.4, 0.5) is 14.5 Å². The van der Waals surface area contributed by atoms with Crippen LogP contribution in [0.3, 0.4) is 0 Å². The summed E-state index contributed by atoms with van der Waals surface area (Å²) in [4.78, 5) is 13.1. The molecule has 1 saturated heterocycles. The standard InChI is InChI=1S/C21H25F2N7O/c1-2-24-21(25-8-7-19-26-20(28-27-19)18-4-3-13-31-18)30-11-9-29(10-12-30)17-14-15(22)5-6-16(17)23/h3-6,13-14H,2,7-12H2,1H3,(H,24,25)(H,26,27,28). The van der Waals surface area contributed by atoms with Crippen molar-refractivity contribution in [1.82, 2.24) is 25.4 Å². The molecular formula is C21H25F2N7O. The van der Waals surface area contributed by atoms with Gasteiger partial charge in [-0.2, -0.15) is 5.10 Å². The molecule has 0 unspecified atom stereocenters. The number of nitrogens with one attached hydrogen (secondary N) is 2. The average Bonchev–Trinajstić information content (AvgIpc) is 3.47. The molecule has 0 radical (unpaired) electrons. The van der Waals surface area contributed by atoms with Gasteiger partial charge in [-0.3, -0.25) is 10.1 Å². The number of aliphatic imine (C=N–C) groups is 1. The van der Waals surface area contributed by atoms with Crippen LogP contribution in [0.25, 0.3) is 11.6 Å². The van der Waals surface area contributed by atoms with E-state index in [1.807, 2.05) is 17.9 Å². The van der Waals surface area contributed by atoms with Crippen molar-refractivity contribution in [1.29, 1.82) is 0 Å². The van der Waals surface area contributed by atoms with Crippen LogP contribution in [0.5, 0.6) is 0 Å². The maximum Gasteiger partial charge on any atom is 0.216 e. The first-order chi connectivity index (χ1) is 15.1. The lowest BCUT2D eigenvalue weighted by atomic mass is 10.2. The molecule has 8 nitrogen and oxygen atoms in total. The zero-order chi connectivity index (χ0) is 21.6. The Bertz CT molecular complexity index is 1010. The Morgan fingerprint density at radius 1 is 1.23 bits per heavy atom. The Hall–Kier alpha value is -3.43. The zero-order valence-electron chi connectivity index (χ0n) is 17.3. The first-order valence-corrected chi connectivity index (χ1v) is 10.3. The SMILES string of the molecule is CCNC(=NCCc1nc(-c2ccco2)n[nH]1)N1CCN(c2cc(F)ccc2F)CC1. The van der Waals surface area contributed by atoms with Crippen LogP contribution in [-0.2, 0) is 6.42 Å². The van der Waals surface area contributed by atoms with Crippen molar-refractivity contribution in [3.63, 3.8) is 0 Å². The number of aromatic amines is 1. The van der Waals surface area contributed by atoms with E-state index >= 15 is 0 Å². The van der Waals surface area contributed by atoms with E-state index in [9.17, 15) is 8.78 Å². The van der Waals surface area contributed by atoms with E-state index in [1.54, 1.807) is 12.3 Å². The van der Waals surface area contributed by atoms with Gasteiger partial charge in [-0.1, -0.05) is 0 Å². The van der Waals surface area contributed by atoms with Crippen molar-refractivity contribution in [3.05, 3.63) is 54.1 Å². The van der Waals surface area contributed by atoms with E-state index in [0.717, 1.165) is 24.4 Å². The second-order valence-electron chi connectivity index (χ2n) is 7.14. The van der Waals surface area contributed by atoms with E-state index in [1.165, 1.54) is 12.1 Å². The minimum atomic E-state index is -0.434. The number of rotatable bonds is 6. The van der Waals surface area contributed by atoms with Gasteiger partial charge in [-0.05, 0) is 31.2 Å². The summed E-state index contributed by atoms with van der Waals surface area (Å²) in [5.41, 5.74) is 0.305. The molecule has 31 heavy (non-hydrogen) atoms. The third-order valence-electron chi connectivity index (χ3n) is 5.05. The summed E-state index contributed by atoms with van der Waals surface area (Å²) in [5.74, 6) is 1.83. The Balaban J connectivity index is 1.34. The van der Waals surface area contributed by atoms with Crippen molar-refractivity contribution in [3.8, 4) is 11.6 Å². The third-order valence-corrected chi connectivity index (χ3v) is 5.05. The summed E-state index contributed by atoms with van der Waals surface area (Å²) in [6.07, 6.45) is 2.19. The summed E-state index contributed by atoms with van der Waals surface area (Å²) < 4.78 is 32.9. The molecule has 164 valence electrons. The van der Waals surface area contributed by atoms with E-state index in [0.29, 0.717) is 56.4 Å². The Kier molecular flexibility index (Phi) is 6.44. The van der Waals surface area contributed by atoms with Gasteiger partial charge in [-0.25, -0.2) is 13.8 Å². The van der Waals surface area contributed by atoms with Gasteiger partial charge in [-0.15, -0.1) is 0 Å². The van der Waals surface area contributed by atoms with Gasteiger partial charge in [0.15, 0.2) is 11.7 Å². The minimum absolute atomic E-state index is 0.305. The predicted octanol–water partition coefficient (Wildman–Crippen LogP) is 2.67. The number of anilines is 1. The maximum absolute atomic E-state index is 14.1. The molecule has 3 aromatic rings. The molecule has 1 aliphatic heterocycles. The van der Waals surface area contributed by atoms with Gasteiger partial charge >= 0.3 is 0 Å². The number of piperazine rings is 1. The molecule has 0 bridgehead atoms. The average molecular weight is 429 g/mol. The van der Waals surface area contributed by atoms with Gasteiger partial charge < -0.3 is 19.5 Å². The Morgan fingerprint density at radius 2 is 2.06 bits per heavy atom. The molecule has 0 atom stereocenters. The van der Waals surface area contributed by atoms with Crippen molar-refractivity contribution >= 4 is 11.6 Å². The van der Waals surface area contributed by atoms with Crippen LogP contribution in [-0.4, -0.2) is 65.3 Å². The monoisotopic (exact) mass is 429 g/mol. The van der Waals surface area contributed by atoms with Crippen molar-refractivity contribution in [2.24, 2.45) is 4.99 Å². The number of halogens is 2. The number of hydrogen-bond acceptors (Lipinski definition) is 5. The lowest BCUT2D eigenvalue weighted by Gasteiger charge is -2.37. The second kappa shape index (κ2) is 9.59. The Morgan fingerprint density at radius 3 is 2.81 bits per heavy atom. The summed E-state index contributed by atoms with van der Waals surface area (Å²) in [6.45, 7) is 5.77. The van der Waals surface area contributed by atoms with Crippen molar-refractivity contribution in [2.45, 2.75) is 13.3 Å². The van der Waals surface area contributed by atoms with Crippen LogP contribution in [0.1, 0.15) is 12.7 Å². The number of nitrogens with zero attached hydrogens (tertiary/aromatic N) is 5. The van der Waals surface area contributed by atoms with E-state index in [2.05, 4.69) is 25.4 Å². The molecule has 0 saturated carbocycles. The highest BCUT2D eigenvalue weighted by Crippen LogP contribution is 2.22. The summed E-state index contributed by atoms with van der Waals surface area (Å²) in [5, 5.41) is 10.4. The quantitative estimate of drug-likeness (QED) is 0.463. The number of benzene rings is 1. The van der Waals surface area contributed by atoms with Crippen LogP contribution in [0.2, 0.25) is 0 Å². The van der Waals surface area contributed by atoms with Crippen LogP contribution in [0.15, 0.2) is 46.0 Å². The molecule has 1 aliphatic rings. The minimum Gasteiger partial charge on any atom is -0.461 e.